The SMILES string of the molecule is COCC(O)CN1CCN(c2ccccn2)CC1. The second-order valence-electron chi connectivity index (χ2n) is 4.58. The van der Waals surface area contributed by atoms with E-state index in [2.05, 4.69) is 14.8 Å². The molecule has 2 heterocycles. The highest BCUT2D eigenvalue weighted by molar-refractivity contribution is 5.38. The summed E-state index contributed by atoms with van der Waals surface area (Å²) in [7, 11) is 1.61. The van der Waals surface area contributed by atoms with Crippen molar-refractivity contribution < 1.29 is 9.84 Å². The van der Waals surface area contributed by atoms with E-state index in [1.165, 1.54) is 0 Å². The minimum Gasteiger partial charge on any atom is -0.389 e. The Morgan fingerprint density at radius 3 is 2.72 bits per heavy atom. The van der Waals surface area contributed by atoms with Gasteiger partial charge in [0.2, 0.25) is 0 Å². The molecular formula is C13H21N3O2. The second-order valence-corrected chi connectivity index (χ2v) is 4.58. The van der Waals surface area contributed by atoms with E-state index in [9.17, 15) is 5.11 Å². The number of methoxy groups -OCH3 is 1. The van der Waals surface area contributed by atoms with Crippen molar-refractivity contribution in [1.29, 1.82) is 0 Å². The number of rotatable bonds is 5. The third-order valence-electron chi connectivity index (χ3n) is 3.17. The summed E-state index contributed by atoms with van der Waals surface area (Å²) in [6.07, 6.45) is 1.43. The predicted molar refractivity (Wildman–Crippen MR) is 70.8 cm³/mol. The van der Waals surface area contributed by atoms with E-state index >= 15 is 0 Å². The maximum absolute atomic E-state index is 9.69. The fraction of sp³-hybridized carbons (Fsp3) is 0.615. The Morgan fingerprint density at radius 1 is 1.33 bits per heavy atom. The maximum Gasteiger partial charge on any atom is 0.128 e. The van der Waals surface area contributed by atoms with Gasteiger partial charge in [-0.15, -0.1) is 0 Å². The molecule has 0 spiro atoms. The Hall–Kier alpha value is -1.17. The minimum atomic E-state index is -0.392. The Morgan fingerprint density at radius 2 is 2.11 bits per heavy atom. The van der Waals surface area contributed by atoms with E-state index in [0.29, 0.717) is 13.2 Å². The molecule has 0 aliphatic carbocycles. The first-order valence-corrected chi connectivity index (χ1v) is 6.35. The van der Waals surface area contributed by atoms with Crippen LogP contribution in [0.4, 0.5) is 5.82 Å². The van der Waals surface area contributed by atoms with Crippen LogP contribution in [0, 0.1) is 0 Å². The summed E-state index contributed by atoms with van der Waals surface area (Å²) >= 11 is 0. The molecule has 0 aromatic carbocycles. The van der Waals surface area contributed by atoms with E-state index in [1.807, 2.05) is 24.4 Å². The zero-order valence-corrected chi connectivity index (χ0v) is 10.8. The highest BCUT2D eigenvalue weighted by Crippen LogP contribution is 2.12. The number of hydrogen-bond donors (Lipinski definition) is 1. The molecule has 100 valence electrons. The summed E-state index contributed by atoms with van der Waals surface area (Å²) in [4.78, 5) is 8.90. The Bertz CT molecular complexity index is 339. The molecule has 0 radical (unpaired) electrons. The lowest BCUT2D eigenvalue weighted by atomic mass is 10.2. The standard InChI is InChI=1S/C13H21N3O2/c1-18-11-12(17)10-15-6-8-16(9-7-15)13-4-2-3-5-14-13/h2-5,12,17H,6-11H2,1H3. The highest BCUT2D eigenvalue weighted by atomic mass is 16.5. The molecule has 18 heavy (non-hydrogen) atoms. The van der Waals surface area contributed by atoms with Gasteiger partial charge in [-0.05, 0) is 12.1 Å². The number of nitrogens with zero attached hydrogens (tertiary/aromatic N) is 3. The number of pyridine rings is 1. The third-order valence-corrected chi connectivity index (χ3v) is 3.17. The van der Waals surface area contributed by atoms with Crippen LogP contribution in [0.2, 0.25) is 0 Å². The molecule has 1 atom stereocenters. The monoisotopic (exact) mass is 251 g/mol. The number of β-amino-alcohol motifs (C(OH)–C–C–N with tert-alkyl or cyclic N) is 1. The Balaban J connectivity index is 1.78. The van der Waals surface area contributed by atoms with Gasteiger partial charge in [-0.1, -0.05) is 6.07 Å². The summed E-state index contributed by atoms with van der Waals surface area (Å²) < 4.78 is 4.94. The molecule has 0 bridgehead atoms. The molecule has 0 amide bonds. The van der Waals surface area contributed by atoms with Crippen LogP contribution in [0.5, 0.6) is 0 Å². The van der Waals surface area contributed by atoms with Crippen LogP contribution in [0.1, 0.15) is 0 Å². The van der Waals surface area contributed by atoms with Crippen molar-refractivity contribution in [3.63, 3.8) is 0 Å². The first kappa shape index (κ1) is 13.3. The minimum absolute atomic E-state index is 0.392. The second kappa shape index (κ2) is 6.68. The van der Waals surface area contributed by atoms with Crippen LogP contribution in [-0.2, 0) is 4.74 Å². The van der Waals surface area contributed by atoms with E-state index in [0.717, 1.165) is 32.0 Å². The van der Waals surface area contributed by atoms with E-state index < -0.39 is 6.10 Å². The largest absolute Gasteiger partial charge is 0.389 e. The zero-order valence-electron chi connectivity index (χ0n) is 10.8. The number of anilines is 1. The number of ether oxygens (including phenoxy) is 1. The van der Waals surface area contributed by atoms with Gasteiger partial charge in [-0.3, -0.25) is 4.90 Å². The van der Waals surface area contributed by atoms with Crippen molar-refractivity contribution in [2.24, 2.45) is 0 Å². The van der Waals surface area contributed by atoms with E-state index in [4.69, 9.17) is 4.74 Å². The molecule has 1 aliphatic heterocycles. The quantitative estimate of drug-likeness (QED) is 0.811. The molecule has 1 aromatic heterocycles. The number of aliphatic hydroxyl groups is 1. The Labute approximate surface area is 108 Å². The molecule has 5 nitrogen and oxygen atoms in total. The van der Waals surface area contributed by atoms with Gasteiger partial charge in [0, 0.05) is 46.0 Å². The van der Waals surface area contributed by atoms with Crippen LogP contribution in [0.15, 0.2) is 24.4 Å². The van der Waals surface area contributed by atoms with Crippen molar-refractivity contribution in [2.75, 3.05) is 51.3 Å². The van der Waals surface area contributed by atoms with Crippen molar-refractivity contribution in [3.05, 3.63) is 24.4 Å². The van der Waals surface area contributed by atoms with Gasteiger partial charge in [0.05, 0.1) is 12.7 Å². The summed E-state index contributed by atoms with van der Waals surface area (Å²) in [6, 6.07) is 5.98. The number of aromatic nitrogens is 1. The zero-order chi connectivity index (χ0) is 12.8. The first-order chi connectivity index (χ1) is 8.79. The van der Waals surface area contributed by atoms with Crippen LogP contribution >= 0.6 is 0 Å². The van der Waals surface area contributed by atoms with Crippen LogP contribution < -0.4 is 4.90 Å². The summed E-state index contributed by atoms with van der Waals surface area (Å²) in [5.41, 5.74) is 0. The van der Waals surface area contributed by atoms with E-state index in [-0.39, 0.29) is 0 Å². The summed E-state index contributed by atoms with van der Waals surface area (Å²) in [5, 5.41) is 9.69. The number of aliphatic hydroxyl groups excluding tert-OH is 1. The van der Waals surface area contributed by atoms with Gasteiger partial charge in [-0.2, -0.15) is 0 Å². The van der Waals surface area contributed by atoms with Gasteiger partial charge in [0.25, 0.3) is 0 Å². The fourth-order valence-electron chi connectivity index (χ4n) is 2.24. The molecule has 1 N–H and O–H groups in total. The smallest absolute Gasteiger partial charge is 0.128 e. The lowest BCUT2D eigenvalue weighted by Gasteiger charge is -2.36. The number of piperazine rings is 1. The fourth-order valence-corrected chi connectivity index (χ4v) is 2.24. The van der Waals surface area contributed by atoms with Crippen LogP contribution in [-0.4, -0.2) is 67.5 Å². The molecule has 1 unspecified atom stereocenters. The third kappa shape index (κ3) is 3.66. The highest BCUT2D eigenvalue weighted by Gasteiger charge is 2.19. The van der Waals surface area contributed by atoms with Crippen molar-refractivity contribution in [1.82, 2.24) is 9.88 Å². The van der Waals surface area contributed by atoms with Crippen molar-refractivity contribution in [2.45, 2.75) is 6.10 Å². The predicted octanol–water partition coefficient (Wildman–Crippen LogP) is 0.211. The summed E-state index contributed by atoms with van der Waals surface area (Å²) in [5.74, 6) is 1.04. The lowest BCUT2D eigenvalue weighted by Crippen LogP contribution is -2.49. The maximum atomic E-state index is 9.69. The summed E-state index contributed by atoms with van der Waals surface area (Å²) in [6.45, 7) is 4.91. The molecule has 1 fully saturated rings. The first-order valence-electron chi connectivity index (χ1n) is 6.35. The van der Waals surface area contributed by atoms with Crippen LogP contribution in [0.3, 0.4) is 0 Å². The molecular weight excluding hydrogens is 230 g/mol. The Kier molecular flexibility index (Phi) is 4.92. The van der Waals surface area contributed by atoms with Gasteiger partial charge < -0.3 is 14.7 Å². The normalized spacial score (nSPS) is 18.9. The van der Waals surface area contributed by atoms with E-state index in [1.54, 1.807) is 7.11 Å². The topological polar surface area (TPSA) is 48.8 Å². The van der Waals surface area contributed by atoms with Crippen LogP contribution in [0.25, 0.3) is 0 Å². The van der Waals surface area contributed by atoms with Crippen molar-refractivity contribution in [3.8, 4) is 0 Å². The number of hydrogen-bond acceptors (Lipinski definition) is 5. The molecule has 1 aromatic rings. The van der Waals surface area contributed by atoms with Gasteiger partial charge in [0.1, 0.15) is 5.82 Å². The lowest BCUT2D eigenvalue weighted by molar-refractivity contribution is 0.0365. The van der Waals surface area contributed by atoms with Crippen molar-refractivity contribution >= 4 is 5.82 Å². The molecule has 1 saturated heterocycles. The van der Waals surface area contributed by atoms with Gasteiger partial charge >= 0.3 is 0 Å². The average molecular weight is 251 g/mol. The molecule has 1 aliphatic rings. The average Bonchev–Trinajstić information content (AvgIpc) is 2.41. The van der Waals surface area contributed by atoms with Gasteiger partial charge in [0.15, 0.2) is 0 Å². The van der Waals surface area contributed by atoms with Gasteiger partial charge in [-0.25, -0.2) is 4.98 Å². The molecule has 0 saturated carbocycles. The molecule has 2 rings (SSSR count). The molecule has 5 heteroatoms.